The zero-order valence-electron chi connectivity index (χ0n) is 22.3. The topological polar surface area (TPSA) is 120 Å². The van der Waals surface area contributed by atoms with Gasteiger partial charge in [0.25, 0.3) is 13.9 Å². The average Bonchev–Trinajstić information content (AvgIpc) is 3.23. The fourth-order valence-corrected chi connectivity index (χ4v) is 10.4. The minimum absolute atomic E-state index is 0.0749. The number of nitrogens with zero attached hydrogens (tertiary/aromatic N) is 1. The lowest BCUT2D eigenvalue weighted by Crippen LogP contribution is -2.67. The molecule has 1 fully saturated rings. The van der Waals surface area contributed by atoms with E-state index in [1.807, 2.05) is 36.4 Å². The van der Waals surface area contributed by atoms with Gasteiger partial charge in [-0.25, -0.2) is 4.79 Å². The van der Waals surface area contributed by atoms with Crippen LogP contribution in [0.1, 0.15) is 39.0 Å². The van der Waals surface area contributed by atoms with Gasteiger partial charge in [-0.2, -0.15) is 0 Å². The van der Waals surface area contributed by atoms with Gasteiger partial charge in [-0.05, 0) is 22.3 Å². The Morgan fingerprint density at radius 1 is 1.08 bits per heavy atom. The second-order valence-corrected chi connectivity index (χ2v) is 16.9. The van der Waals surface area contributed by atoms with Crippen molar-refractivity contribution in [2.24, 2.45) is 0 Å². The summed E-state index contributed by atoms with van der Waals surface area (Å²) < 4.78 is 32.3. The Morgan fingerprint density at radius 2 is 1.63 bits per heavy atom. The van der Waals surface area contributed by atoms with Crippen molar-refractivity contribution in [3.8, 4) is 0 Å². The van der Waals surface area contributed by atoms with Gasteiger partial charge in [0, 0.05) is 24.8 Å². The molecule has 1 saturated heterocycles. The smallest absolute Gasteiger partial charge is 0.330 e. The number of benzene rings is 2. The summed E-state index contributed by atoms with van der Waals surface area (Å²) in [5.41, 5.74) is -0.750. The first-order chi connectivity index (χ1) is 17.8. The molecule has 1 aromatic heterocycles. The van der Waals surface area contributed by atoms with Crippen LogP contribution in [0.15, 0.2) is 76.4 Å². The normalized spacial score (nSPS) is 21.8. The van der Waals surface area contributed by atoms with Crippen LogP contribution in [0.25, 0.3) is 0 Å². The Kier molecular flexibility index (Phi) is 8.14. The molecule has 1 aliphatic rings. The van der Waals surface area contributed by atoms with Gasteiger partial charge >= 0.3 is 13.3 Å². The minimum atomic E-state index is -3.88. The van der Waals surface area contributed by atoms with E-state index in [1.165, 1.54) is 10.8 Å². The lowest BCUT2D eigenvalue weighted by molar-refractivity contribution is -0.0398. The number of hydrogen-bond donors (Lipinski definition) is 2. The summed E-state index contributed by atoms with van der Waals surface area (Å²) in [6.45, 7) is 9.25. The van der Waals surface area contributed by atoms with Crippen LogP contribution in [0.2, 0.25) is 5.04 Å². The van der Waals surface area contributed by atoms with Crippen LogP contribution in [0, 0.1) is 6.92 Å². The highest BCUT2D eigenvalue weighted by Crippen LogP contribution is 2.44. The number of rotatable bonds is 8. The summed E-state index contributed by atoms with van der Waals surface area (Å²) in [5.74, 6) is 0. The molecule has 2 heterocycles. The molecule has 4 atom stereocenters. The predicted molar refractivity (Wildman–Crippen MR) is 149 cm³/mol. The van der Waals surface area contributed by atoms with E-state index in [-0.39, 0.29) is 18.1 Å². The molecule has 0 amide bonds. The van der Waals surface area contributed by atoms with Crippen molar-refractivity contribution in [1.82, 2.24) is 9.55 Å². The fraction of sp³-hybridized carbons (Fsp3) is 0.407. The number of hydrogen-bond acceptors (Lipinski definition) is 6. The number of ether oxygens (including phenoxy) is 1. The van der Waals surface area contributed by atoms with E-state index >= 15 is 0 Å². The third kappa shape index (κ3) is 5.86. The SMILES string of the molecule is Cc1cn([C@H]2C[C@H](OP(C)(=O)O)[C@@H](CO[Si](c3ccccc3)(c3ccccc3)C(C)(C)C)O2)c(=O)[nH]c1=O. The van der Waals surface area contributed by atoms with Crippen molar-refractivity contribution in [2.75, 3.05) is 13.3 Å². The molecule has 0 radical (unpaired) electrons. The quantitative estimate of drug-likeness (QED) is 0.322. The largest absolute Gasteiger partial charge is 0.405 e. The molecule has 0 spiro atoms. The molecule has 0 saturated carbocycles. The first-order valence-corrected chi connectivity index (χ1v) is 16.5. The summed E-state index contributed by atoms with van der Waals surface area (Å²) in [6.07, 6.45) is -0.779. The maximum Gasteiger partial charge on any atom is 0.330 e. The zero-order valence-corrected chi connectivity index (χ0v) is 24.2. The Hall–Kier alpha value is -2.59. The van der Waals surface area contributed by atoms with Gasteiger partial charge in [0.1, 0.15) is 12.3 Å². The van der Waals surface area contributed by atoms with Crippen molar-refractivity contribution < 1.29 is 23.1 Å². The van der Waals surface area contributed by atoms with E-state index in [0.717, 1.165) is 17.0 Å². The Balaban J connectivity index is 1.73. The second kappa shape index (κ2) is 10.9. The van der Waals surface area contributed by atoms with Gasteiger partial charge in [-0.15, -0.1) is 0 Å². The summed E-state index contributed by atoms with van der Waals surface area (Å²) in [5, 5.41) is 1.89. The lowest BCUT2D eigenvalue weighted by Gasteiger charge is -2.43. The van der Waals surface area contributed by atoms with Gasteiger partial charge in [0.15, 0.2) is 0 Å². The summed E-state index contributed by atoms with van der Waals surface area (Å²) in [4.78, 5) is 36.7. The molecule has 38 heavy (non-hydrogen) atoms. The van der Waals surface area contributed by atoms with Gasteiger partial charge < -0.3 is 18.6 Å². The maximum absolute atomic E-state index is 12.6. The monoisotopic (exact) mass is 558 g/mol. The van der Waals surface area contributed by atoms with Crippen molar-refractivity contribution in [1.29, 1.82) is 0 Å². The van der Waals surface area contributed by atoms with E-state index in [2.05, 4.69) is 50.0 Å². The van der Waals surface area contributed by atoms with E-state index in [1.54, 1.807) is 6.92 Å². The van der Waals surface area contributed by atoms with Crippen molar-refractivity contribution in [3.05, 3.63) is 93.3 Å². The summed E-state index contributed by atoms with van der Waals surface area (Å²) in [6, 6.07) is 20.2. The Morgan fingerprint density at radius 3 is 2.13 bits per heavy atom. The summed E-state index contributed by atoms with van der Waals surface area (Å²) >= 11 is 0. The van der Waals surface area contributed by atoms with Crippen LogP contribution in [0.4, 0.5) is 0 Å². The highest BCUT2D eigenvalue weighted by atomic mass is 31.2. The molecule has 9 nitrogen and oxygen atoms in total. The van der Waals surface area contributed by atoms with Gasteiger partial charge in [-0.1, -0.05) is 81.4 Å². The fourth-order valence-electron chi connectivity index (χ4n) is 5.15. The van der Waals surface area contributed by atoms with Crippen LogP contribution >= 0.6 is 7.60 Å². The number of nitrogens with one attached hydrogen (secondary N) is 1. The van der Waals surface area contributed by atoms with E-state index < -0.39 is 45.6 Å². The maximum atomic E-state index is 12.6. The first-order valence-electron chi connectivity index (χ1n) is 12.5. The minimum Gasteiger partial charge on any atom is -0.405 e. The highest BCUT2D eigenvalue weighted by molar-refractivity contribution is 7.51. The number of aryl methyl sites for hydroxylation is 1. The van der Waals surface area contributed by atoms with Gasteiger partial charge in [0.2, 0.25) is 0 Å². The zero-order chi connectivity index (χ0) is 27.7. The lowest BCUT2D eigenvalue weighted by atomic mass is 10.2. The van der Waals surface area contributed by atoms with Crippen LogP contribution in [0.3, 0.4) is 0 Å². The average molecular weight is 559 g/mol. The van der Waals surface area contributed by atoms with Gasteiger partial charge in [-0.3, -0.25) is 18.9 Å². The van der Waals surface area contributed by atoms with Gasteiger partial charge in [0.05, 0.1) is 12.7 Å². The molecule has 3 aromatic rings. The molecule has 1 aliphatic heterocycles. The van der Waals surface area contributed by atoms with E-state index in [0.29, 0.717) is 5.56 Å². The molecule has 2 N–H and O–H groups in total. The predicted octanol–water partition coefficient (Wildman–Crippen LogP) is 2.91. The number of aromatic nitrogens is 2. The molecule has 1 unspecified atom stereocenters. The Labute approximate surface area is 223 Å². The molecule has 2 aromatic carbocycles. The Bertz CT molecular complexity index is 1370. The van der Waals surface area contributed by atoms with Crippen LogP contribution in [-0.2, 0) is 18.3 Å². The number of H-pyrrole nitrogens is 1. The van der Waals surface area contributed by atoms with Crippen molar-refractivity contribution in [3.63, 3.8) is 0 Å². The van der Waals surface area contributed by atoms with Crippen molar-refractivity contribution >= 4 is 26.3 Å². The molecular formula is C27H35N2O7PSi. The summed E-state index contributed by atoms with van der Waals surface area (Å²) in [7, 11) is -6.80. The molecule has 4 rings (SSSR count). The molecule has 0 aliphatic carbocycles. The first kappa shape index (κ1) is 28.4. The third-order valence-electron chi connectivity index (χ3n) is 6.85. The standard InChI is InChI=1S/C27H35N2O7PSi/c1-19-17-29(26(31)28-25(19)30)24-16-22(36-37(5,32)33)23(35-24)18-34-38(27(2,3)4,20-12-8-6-9-13-20)21-14-10-7-11-15-21/h6-15,17,22-24H,16,18H2,1-5H3,(H,32,33)(H,28,30,31)/t22-,23+,24+/m0/s1. The van der Waals surface area contributed by atoms with E-state index in [9.17, 15) is 19.0 Å². The number of aromatic amines is 1. The van der Waals surface area contributed by atoms with Crippen molar-refractivity contribution in [2.45, 2.75) is 57.6 Å². The molecule has 11 heteroatoms. The van der Waals surface area contributed by atoms with Crippen LogP contribution in [0.5, 0.6) is 0 Å². The third-order valence-corrected chi connectivity index (χ3v) is 12.5. The van der Waals surface area contributed by atoms with Crippen LogP contribution in [-0.4, -0.2) is 48.2 Å². The van der Waals surface area contributed by atoms with Crippen LogP contribution < -0.4 is 21.6 Å². The second-order valence-electron chi connectivity index (χ2n) is 10.8. The molecule has 0 bridgehead atoms. The molecule has 204 valence electrons. The molecular weight excluding hydrogens is 523 g/mol. The highest BCUT2D eigenvalue weighted by Gasteiger charge is 2.51. The van der Waals surface area contributed by atoms with E-state index in [4.69, 9.17) is 13.7 Å².